The number of aromatic amines is 1. The maximum Gasteiger partial charge on any atom is 0.252 e. The molecule has 2 N–H and O–H groups in total. The van der Waals surface area contributed by atoms with Crippen molar-refractivity contribution < 1.29 is 0 Å². The number of anilines is 3. The van der Waals surface area contributed by atoms with Crippen LogP contribution in [0.4, 0.5) is 17.3 Å². The van der Waals surface area contributed by atoms with E-state index in [1.807, 2.05) is 43.3 Å². The molecule has 106 valence electrons. The van der Waals surface area contributed by atoms with Gasteiger partial charge in [0.25, 0.3) is 5.56 Å². The maximum absolute atomic E-state index is 11.6. The van der Waals surface area contributed by atoms with Gasteiger partial charge in [-0.3, -0.25) is 9.78 Å². The average Bonchev–Trinajstić information content (AvgIpc) is 2.39. The third kappa shape index (κ3) is 3.60. The highest BCUT2D eigenvalue weighted by Gasteiger charge is 2.02. The van der Waals surface area contributed by atoms with E-state index in [-0.39, 0.29) is 5.56 Å². The fraction of sp³-hybridized carbons (Fsp3) is 0.333. The Kier molecular flexibility index (Phi) is 4.40. The van der Waals surface area contributed by atoms with Crippen molar-refractivity contribution in [2.45, 2.75) is 19.8 Å². The first-order valence-electron chi connectivity index (χ1n) is 6.73. The van der Waals surface area contributed by atoms with E-state index in [9.17, 15) is 4.79 Å². The summed E-state index contributed by atoms with van der Waals surface area (Å²) in [5, 5.41) is 3.12. The highest BCUT2D eigenvalue weighted by Crippen LogP contribution is 2.17. The highest BCUT2D eigenvalue weighted by atomic mass is 16.1. The first-order chi connectivity index (χ1) is 9.58. The summed E-state index contributed by atoms with van der Waals surface area (Å²) in [6.45, 7) is 2.07. The number of nitrogens with zero attached hydrogens (tertiary/aromatic N) is 2. The van der Waals surface area contributed by atoms with Crippen LogP contribution in [0.25, 0.3) is 0 Å². The Morgan fingerprint density at radius 2 is 1.95 bits per heavy atom. The monoisotopic (exact) mass is 272 g/mol. The molecule has 0 atom stereocenters. The molecule has 0 aliphatic carbocycles. The molecule has 0 saturated heterocycles. The summed E-state index contributed by atoms with van der Waals surface area (Å²) in [7, 11) is 3.99. The van der Waals surface area contributed by atoms with E-state index in [0.29, 0.717) is 5.95 Å². The lowest BCUT2D eigenvalue weighted by Crippen LogP contribution is -2.12. The molecule has 5 heteroatoms. The summed E-state index contributed by atoms with van der Waals surface area (Å²) in [5.41, 5.74) is 2.70. The molecule has 1 heterocycles. The standard InChI is InChI=1S/C15H20N4O/c1-4-5-12-10-14(20)18-15(17-12)16-11-6-8-13(9-7-11)19(2)3/h6-10H,4-5H2,1-3H3,(H2,16,17,18,20). The summed E-state index contributed by atoms with van der Waals surface area (Å²) in [6.07, 6.45) is 1.77. The number of aromatic nitrogens is 2. The Bertz CT molecular complexity index is 617. The van der Waals surface area contributed by atoms with Gasteiger partial charge in [-0.25, -0.2) is 4.98 Å². The van der Waals surface area contributed by atoms with Gasteiger partial charge < -0.3 is 10.2 Å². The predicted octanol–water partition coefficient (Wildman–Crippen LogP) is 2.53. The fourth-order valence-corrected chi connectivity index (χ4v) is 1.93. The van der Waals surface area contributed by atoms with Crippen LogP contribution in [0.5, 0.6) is 0 Å². The number of hydrogen-bond donors (Lipinski definition) is 2. The molecule has 5 nitrogen and oxygen atoms in total. The van der Waals surface area contributed by atoms with Crippen molar-refractivity contribution >= 4 is 17.3 Å². The second kappa shape index (κ2) is 6.23. The van der Waals surface area contributed by atoms with Crippen LogP contribution in [0.15, 0.2) is 35.1 Å². The normalized spacial score (nSPS) is 10.3. The van der Waals surface area contributed by atoms with Crippen LogP contribution >= 0.6 is 0 Å². The molecule has 0 bridgehead atoms. The van der Waals surface area contributed by atoms with E-state index in [0.717, 1.165) is 29.9 Å². The lowest BCUT2D eigenvalue weighted by Gasteiger charge is -2.13. The van der Waals surface area contributed by atoms with Gasteiger partial charge in [0, 0.05) is 37.2 Å². The molecule has 20 heavy (non-hydrogen) atoms. The van der Waals surface area contributed by atoms with Gasteiger partial charge in [-0.2, -0.15) is 0 Å². The van der Waals surface area contributed by atoms with Gasteiger partial charge in [0.15, 0.2) is 0 Å². The number of rotatable bonds is 5. The molecule has 0 saturated carbocycles. The summed E-state index contributed by atoms with van der Waals surface area (Å²) >= 11 is 0. The van der Waals surface area contributed by atoms with Crippen LogP contribution in [0, 0.1) is 0 Å². The third-order valence-corrected chi connectivity index (χ3v) is 2.95. The van der Waals surface area contributed by atoms with Gasteiger partial charge in [-0.1, -0.05) is 13.3 Å². The minimum Gasteiger partial charge on any atom is -0.378 e. The molecule has 1 aromatic carbocycles. The Morgan fingerprint density at radius 1 is 1.25 bits per heavy atom. The van der Waals surface area contributed by atoms with Crippen molar-refractivity contribution in [1.82, 2.24) is 9.97 Å². The van der Waals surface area contributed by atoms with E-state index in [2.05, 4.69) is 22.2 Å². The van der Waals surface area contributed by atoms with E-state index >= 15 is 0 Å². The Labute approximate surface area is 118 Å². The maximum atomic E-state index is 11.6. The summed E-state index contributed by atoms with van der Waals surface area (Å²) in [4.78, 5) is 20.7. The summed E-state index contributed by atoms with van der Waals surface area (Å²) in [5.74, 6) is 0.485. The molecule has 0 unspecified atom stereocenters. The van der Waals surface area contributed by atoms with Gasteiger partial charge in [0.1, 0.15) is 0 Å². The number of benzene rings is 1. The van der Waals surface area contributed by atoms with Crippen molar-refractivity contribution in [2.75, 3.05) is 24.3 Å². The largest absolute Gasteiger partial charge is 0.378 e. The van der Waals surface area contributed by atoms with Gasteiger partial charge in [-0.05, 0) is 30.7 Å². The number of H-pyrrole nitrogens is 1. The van der Waals surface area contributed by atoms with Crippen LogP contribution in [0.1, 0.15) is 19.0 Å². The summed E-state index contributed by atoms with van der Waals surface area (Å²) in [6, 6.07) is 9.49. The zero-order chi connectivity index (χ0) is 14.5. The summed E-state index contributed by atoms with van der Waals surface area (Å²) < 4.78 is 0. The molecule has 0 aliphatic rings. The van der Waals surface area contributed by atoms with E-state index < -0.39 is 0 Å². The van der Waals surface area contributed by atoms with Gasteiger partial charge >= 0.3 is 0 Å². The van der Waals surface area contributed by atoms with Crippen molar-refractivity contribution in [3.05, 3.63) is 46.4 Å². The molecular formula is C15H20N4O. The SMILES string of the molecule is CCCc1cc(=O)[nH]c(Nc2ccc(N(C)C)cc2)n1. The average molecular weight is 272 g/mol. The topological polar surface area (TPSA) is 61.0 Å². The van der Waals surface area contributed by atoms with Crippen molar-refractivity contribution in [3.63, 3.8) is 0 Å². The first kappa shape index (κ1) is 14.1. The minimum atomic E-state index is -0.129. The minimum absolute atomic E-state index is 0.129. The molecule has 0 amide bonds. The van der Waals surface area contributed by atoms with Crippen molar-refractivity contribution in [2.24, 2.45) is 0 Å². The Balaban J connectivity index is 2.18. The van der Waals surface area contributed by atoms with Gasteiger partial charge in [0.05, 0.1) is 0 Å². The first-order valence-corrected chi connectivity index (χ1v) is 6.73. The van der Waals surface area contributed by atoms with Crippen LogP contribution in [-0.4, -0.2) is 24.1 Å². The zero-order valence-electron chi connectivity index (χ0n) is 12.1. The van der Waals surface area contributed by atoms with Crippen LogP contribution in [-0.2, 0) is 6.42 Å². The number of aryl methyl sites for hydroxylation is 1. The smallest absolute Gasteiger partial charge is 0.252 e. The number of nitrogens with one attached hydrogen (secondary N) is 2. The Morgan fingerprint density at radius 3 is 2.55 bits per heavy atom. The van der Waals surface area contributed by atoms with Crippen LogP contribution in [0.2, 0.25) is 0 Å². The van der Waals surface area contributed by atoms with Crippen molar-refractivity contribution in [1.29, 1.82) is 0 Å². The molecule has 2 aromatic rings. The highest BCUT2D eigenvalue weighted by molar-refractivity contribution is 5.58. The van der Waals surface area contributed by atoms with Crippen molar-refractivity contribution in [3.8, 4) is 0 Å². The molecule has 2 rings (SSSR count). The molecule has 0 spiro atoms. The third-order valence-electron chi connectivity index (χ3n) is 2.95. The van der Waals surface area contributed by atoms with Gasteiger partial charge in [0.2, 0.25) is 5.95 Å². The number of hydrogen-bond acceptors (Lipinski definition) is 4. The van der Waals surface area contributed by atoms with E-state index in [1.54, 1.807) is 6.07 Å². The molecule has 0 aliphatic heterocycles. The molecule has 0 fully saturated rings. The quantitative estimate of drug-likeness (QED) is 0.878. The molecule has 1 aromatic heterocycles. The van der Waals surface area contributed by atoms with Gasteiger partial charge in [-0.15, -0.1) is 0 Å². The zero-order valence-corrected chi connectivity index (χ0v) is 12.1. The second-order valence-electron chi connectivity index (χ2n) is 4.90. The van der Waals surface area contributed by atoms with Crippen LogP contribution < -0.4 is 15.8 Å². The van der Waals surface area contributed by atoms with E-state index in [4.69, 9.17) is 0 Å². The molecular weight excluding hydrogens is 252 g/mol. The molecule has 0 radical (unpaired) electrons. The fourth-order valence-electron chi connectivity index (χ4n) is 1.93. The lowest BCUT2D eigenvalue weighted by molar-refractivity contribution is 0.870. The Hall–Kier alpha value is -2.30. The lowest BCUT2D eigenvalue weighted by atomic mass is 10.2. The predicted molar refractivity (Wildman–Crippen MR) is 82.9 cm³/mol. The second-order valence-corrected chi connectivity index (χ2v) is 4.90. The van der Waals surface area contributed by atoms with Crippen LogP contribution in [0.3, 0.4) is 0 Å². The van der Waals surface area contributed by atoms with E-state index in [1.165, 1.54) is 0 Å².